The zero-order chi connectivity index (χ0) is 26.4. The van der Waals surface area contributed by atoms with Gasteiger partial charge in [-0.15, -0.1) is 0 Å². The minimum absolute atomic E-state index is 0.0308. The number of hydrogen-bond donors (Lipinski definition) is 9. The topological polar surface area (TPSA) is 278 Å². The Balaban J connectivity index is 5.35. The Hall–Kier alpha value is -3.46. The first-order valence-corrected chi connectivity index (χ1v) is 10.6. The number of nitrogens with one attached hydrogen (secondary N) is 3. The van der Waals surface area contributed by atoms with E-state index in [0.717, 1.165) is 0 Å². The van der Waals surface area contributed by atoms with Crippen LogP contribution < -0.4 is 38.9 Å². The first kappa shape index (κ1) is 30.5. The summed E-state index contributed by atoms with van der Waals surface area (Å²) in [6.45, 7) is 2.53. The molecular formula is C19H36N8O7. The van der Waals surface area contributed by atoms with E-state index in [1.165, 1.54) is 0 Å². The number of aliphatic hydroxyl groups excluding tert-OH is 1. The normalized spacial score (nSPS) is 14.3. The molecule has 0 aromatic carbocycles. The monoisotopic (exact) mass is 488 g/mol. The Morgan fingerprint density at radius 3 is 1.91 bits per heavy atom. The van der Waals surface area contributed by atoms with E-state index in [1.807, 2.05) is 0 Å². The zero-order valence-electron chi connectivity index (χ0n) is 19.3. The molecule has 0 fully saturated rings. The second-order valence-electron chi connectivity index (χ2n) is 7.93. The lowest BCUT2D eigenvalue weighted by Crippen LogP contribution is -2.58. The van der Waals surface area contributed by atoms with Crippen LogP contribution in [0.25, 0.3) is 0 Å². The summed E-state index contributed by atoms with van der Waals surface area (Å²) in [5, 5.41) is 25.9. The number of carboxylic acid groups (broad SMARTS) is 1. The highest BCUT2D eigenvalue weighted by atomic mass is 16.4. The number of nitrogens with two attached hydrogens (primary N) is 4. The molecule has 4 atom stereocenters. The van der Waals surface area contributed by atoms with Crippen molar-refractivity contribution in [2.24, 2.45) is 33.8 Å². The Kier molecular flexibility index (Phi) is 13.8. The van der Waals surface area contributed by atoms with Crippen LogP contribution in [0.3, 0.4) is 0 Å². The summed E-state index contributed by atoms with van der Waals surface area (Å²) in [4.78, 5) is 63.6. The van der Waals surface area contributed by atoms with Crippen LogP contribution >= 0.6 is 0 Å². The highest BCUT2D eigenvalue weighted by molar-refractivity contribution is 5.94. The van der Waals surface area contributed by atoms with E-state index in [1.54, 1.807) is 13.8 Å². The van der Waals surface area contributed by atoms with Gasteiger partial charge >= 0.3 is 5.97 Å². The number of aliphatic imine (C=N–C) groups is 1. The second-order valence-corrected chi connectivity index (χ2v) is 7.93. The molecule has 15 nitrogen and oxygen atoms in total. The third-order valence-corrected chi connectivity index (χ3v) is 4.66. The summed E-state index contributed by atoms with van der Waals surface area (Å²) in [6.07, 6.45) is 0.0680. The second kappa shape index (κ2) is 15.4. The third-order valence-electron chi connectivity index (χ3n) is 4.66. The fourth-order valence-corrected chi connectivity index (χ4v) is 2.71. The molecule has 0 heterocycles. The molecule has 0 rings (SSSR count). The maximum absolute atomic E-state index is 12.7. The number of aliphatic carboxylic acids is 1. The van der Waals surface area contributed by atoms with Gasteiger partial charge < -0.3 is 49.1 Å². The molecule has 0 aliphatic carbocycles. The Morgan fingerprint density at radius 1 is 0.882 bits per heavy atom. The lowest BCUT2D eigenvalue weighted by Gasteiger charge is -2.25. The predicted octanol–water partition coefficient (Wildman–Crippen LogP) is -4.18. The Bertz CT molecular complexity index is 755. The maximum atomic E-state index is 12.7. The van der Waals surface area contributed by atoms with E-state index in [2.05, 4.69) is 20.9 Å². The molecule has 13 N–H and O–H groups in total. The first-order valence-electron chi connectivity index (χ1n) is 10.6. The number of rotatable bonds is 16. The fourth-order valence-electron chi connectivity index (χ4n) is 2.71. The number of carbonyl (C=O) groups excluding carboxylic acids is 4. The van der Waals surface area contributed by atoms with E-state index >= 15 is 0 Å². The lowest BCUT2D eigenvalue weighted by molar-refractivity contribution is -0.143. The zero-order valence-corrected chi connectivity index (χ0v) is 19.3. The average molecular weight is 489 g/mol. The summed E-state index contributed by atoms with van der Waals surface area (Å²) >= 11 is 0. The summed E-state index contributed by atoms with van der Waals surface area (Å²) in [5.74, 6) is -5.00. The summed E-state index contributed by atoms with van der Waals surface area (Å²) < 4.78 is 0. The molecule has 0 bridgehead atoms. The Morgan fingerprint density at radius 2 is 1.44 bits per heavy atom. The molecule has 0 aliphatic rings. The van der Waals surface area contributed by atoms with E-state index in [4.69, 9.17) is 22.9 Å². The standard InChI is InChI=1S/C19H36N8O7/c1-9(2)14(18(33)34)27-16(31)11(4-3-7-24-19(22)23)25-17(32)12(8-28)26-15(30)10(20)5-6-13(21)29/h9-12,14,28H,3-8,20H2,1-2H3,(H2,21,29)(H,25,32)(H,26,30)(H,27,31)(H,33,34)(H4,22,23,24). The van der Waals surface area contributed by atoms with Crippen LogP contribution in [0.4, 0.5) is 0 Å². The van der Waals surface area contributed by atoms with Crippen LogP contribution in [0, 0.1) is 5.92 Å². The van der Waals surface area contributed by atoms with Gasteiger partial charge in [0.2, 0.25) is 23.6 Å². The van der Waals surface area contributed by atoms with Crippen molar-refractivity contribution in [3.8, 4) is 0 Å². The van der Waals surface area contributed by atoms with Gasteiger partial charge in [-0.1, -0.05) is 13.8 Å². The van der Waals surface area contributed by atoms with Crippen LogP contribution in [0.2, 0.25) is 0 Å². The van der Waals surface area contributed by atoms with Crippen LogP contribution in [0.5, 0.6) is 0 Å². The lowest BCUT2D eigenvalue weighted by atomic mass is 10.0. The SMILES string of the molecule is CC(C)C(NC(=O)C(CCCN=C(N)N)NC(=O)C(CO)NC(=O)C(N)CCC(N)=O)C(=O)O. The quantitative estimate of drug-likeness (QED) is 0.0573. The number of amides is 4. The van der Waals surface area contributed by atoms with Gasteiger partial charge in [-0.3, -0.25) is 24.2 Å². The molecule has 15 heteroatoms. The molecule has 0 saturated carbocycles. The van der Waals surface area contributed by atoms with Gasteiger partial charge in [-0.05, 0) is 25.2 Å². The van der Waals surface area contributed by atoms with Crippen molar-refractivity contribution in [1.82, 2.24) is 16.0 Å². The minimum Gasteiger partial charge on any atom is -0.480 e. The number of carbonyl (C=O) groups is 5. The van der Waals surface area contributed by atoms with E-state index in [-0.39, 0.29) is 38.2 Å². The van der Waals surface area contributed by atoms with Crippen molar-refractivity contribution >= 4 is 35.6 Å². The van der Waals surface area contributed by atoms with E-state index < -0.39 is 66.3 Å². The summed E-state index contributed by atoms with van der Waals surface area (Å²) in [6, 6.07) is -5.03. The van der Waals surface area contributed by atoms with Gasteiger partial charge in [0.05, 0.1) is 12.6 Å². The highest BCUT2D eigenvalue weighted by Gasteiger charge is 2.31. The van der Waals surface area contributed by atoms with Gasteiger partial charge in [0.25, 0.3) is 0 Å². The molecule has 4 unspecified atom stereocenters. The molecule has 4 amide bonds. The van der Waals surface area contributed by atoms with Crippen molar-refractivity contribution < 1.29 is 34.2 Å². The molecule has 0 radical (unpaired) electrons. The van der Waals surface area contributed by atoms with Crippen LogP contribution in [-0.4, -0.2) is 83.1 Å². The van der Waals surface area contributed by atoms with Crippen molar-refractivity contribution in [1.29, 1.82) is 0 Å². The summed E-state index contributed by atoms with van der Waals surface area (Å²) in [7, 11) is 0. The minimum atomic E-state index is -1.46. The van der Waals surface area contributed by atoms with E-state index in [9.17, 15) is 34.2 Å². The van der Waals surface area contributed by atoms with Crippen molar-refractivity contribution in [2.45, 2.75) is 63.7 Å². The Labute approximate surface area is 197 Å². The first-order chi connectivity index (χ1) is 15.8. The number of nitrogens with zero attached hydrogens (tertiary/aromatic N) is 1. The number of hydrogen-bond acceptors (Lipinski definition) is 8. The fraction of sp³-hybridized carbons (Fsp3) is 0.684. The maximum Gasteiger partial charge on any atom is 0.326 e. The largest absolute Gasteiger partial charge is 0.480 e. The highest BCUT2D eigenvalue weighted by Crippen LogP contribution is 2.06. The molecule has 0 aromatic heterocycles. The summed E-state index contributed by atoms with van der Waals surface area (Å²) in [5.41, 5.74) is 21.2. The van der Waals surface area contributed by atoms with Gasteiger partial charge in [-0.25, -0.2) is 4.79 Å². The molecule has 0 aliphatic heterocycles. The number of guanidine groups is 1. The molecule has 0 aromatic rings. The molecular weight excluding hydrogens is 452 g/mol. The molecule has 0 spiro atoms. The van der Waals surface area contributed by atoms with Gasteiger partial charge in [0.1, 0.15) is 18.1 Å². The van der Waals surface area contributed by atoms with Crippen LogP contribution in [0.1, 0.15) is 39.5 Å². The van der Waals surface area contributed by atoms with Crippen LogP contribution in [0.15, 0.2) is 4.99 Å². The third kappa shape index (κ3) is 12.0. The van der Waals surface area contributed by atoms with Crippen LogP contribution in [-0.2, 0) is 24.0 Å². The molecule has 0 saturated heterocycles. The predicted molar refractivity (Wildman–Crippen MR) is 122 cm³/mol. The average Bonchev–Trinajstić information content (AvgIpc) is 2.74. The van der Waals surface area contributed by atoms with Gasteiger partial charge in [-0.2, -0.15) is 0 Å². The molecule has 194 valence electrons. The van der Waals surface area contributed by atoms with Crippen molar-refractivity contribution in [2.75, 3.05) is 13.2 Å². The van der Waals surface area contributed by atoms with E-state index in [0.29, 0.717) is 0 Å². The number of primary amides is 1. The van der Waals surface area contributed by atoms with Gasteiger partial charge in [0, 0.05) is 13.0 Å². The van der Waals surface area contributed by atoms with Gasteiger partial charge in [0.15, 0.2) is 5.96 Å². The van der Waals surface area contributed by atoms with Crippen molar-refractivity contribution in [3.05, 3.63) is 0 Å². The molecule has 34 heavy (non-hydrogen) atoms. The number of carboxylic acids is 1. The van der Waals surface area contributed by atoms with Crippen molar-refractivity contribution in [3.63, 3.8) is 0 Å². The smallest absolute Gasteiger partial charge is 0.326 e. The number of aliphatic hydroxyl groups is 1.